The van der Waals surface area contributed by atoms with E-state index in [1.165, 1.54) is 93.8 Å². The molecule has 11 rings (SSSR count). The molecule has 0 atom stereocenters. The molecule has 1 aliphatic carbocycles. The lowest BCUT2D eigenvalue weighted by molar-refractivity contribution is 0.660. The molecular formula is C51H36N2. The molecule has 250 valence electrons. The Morgan fingerprint density at radius 1 is 0.321 bits per heavy atom. The third-order valence-electron chi connectivity index (χ3n) is 11.7. The van der Waals surface area contributed by atoms with Gasteiger partial charge in [0.25, 0.3) is 0 Å². The van der Waals surface area contributed by atoms with Crippen LogP contribution in [0.2, 0.25) is 0 Å². The fourth-order valence-corrected chi connectivity index (χ4v) is 9.13. The Morgan fingerprint density at radius 3 is 1.55 bits per heavy atom. The van der Waals surface area contributed by atoms with Gasteiger partial charge in [-0.3, -0.25) is 0 Å². The molecule has 0 saturated carbocycles. The maximum atomic E-state index is 2.48. The van der Waals surface area contributed by atoms with Crippen LogP contribution in [-0.4, -0.2) is 9.13 Å². The number of rotatable bonds is 4. The smallest absolute Gasteiger partial charge is 0.0562 e. The summed E-state index contributed by atoms with van der Waals surface area (Å²) in [4.78, 5) is 0. The van der Waals surface area contributed by atoms with Crippen LogP contribution in [0.15, 0.2) is 182 Å². The number of fused-ring (bicyclic) bond motifs is 9. The van der Waals surface area contributed by atoms with Gasteiger partial charge in [0, 0.05) is 38.3 Å². The van der Waals surface area contributed by atoms with Crippen molar-refractivity contribution in [3.63, 3.8) is 0 Å². The fraction of sp³-hybridized carbons (Fsp3) is 0.0588. The zero-order chi connectivity index (χ0) is 35.3. The van der Waals surface area contributed by atoms with Crippen molar-refractivity contribution in [2.75, 3.05) is 0 Å². The topological polar surface area (TPSA) is 9.86 Å². The number of para-hydroxylation sites is 2. The van der Waals surface area contributed by atoms with Crippen LogP contribution in [0.3, 0.4) is 0 Å². The van der Waals surface area contributed by atoms with Gasteiger partial charge in [-0.2, -0.15) is 0 Å². The number of hydrogen-bond donors (Lipinski definition) is 0. The average molecular weight is 677 g/mol. The minimum Gasteiger partial charge on any atom is -0.309 e. The highest BCUT2D eigenvalue weighted by Gasteiger charge is 2.35. The minimum atomic E-state index is -0.0761. The second-order valence-electron chi connectivity index (χ2n) is 15.0. The van der Waals surface area contributed by atoms with Crippen LogP contribution >= 0.6 is 0 Å². The lowest BCUT2D eigenvalue weighted by Gasteiger charge is -2.22. The van der Waals surface area contributed by atoms with Crippen molar-refractivity contribution in [3.8, 4) is 44.8 Å². The lowest BCUT2D eigenvalue weighted by Crippen LogP contribution is -2.15. The summed E-state index contributed by atoms with van der Waals surface area (Å²) in [5.74, 6) is 0. The highest BCUT2D eigenvalue weighted by atomic mass is 15.0. The van der Waals surface area contributed by atoms with Crippen LogP contribution in [0, 0.1) is 0 Å². The summed E-state index contributed by atoms with van der Waals surface area (Å²) in [5.41, 5.74) is 17.4. The van der Waals surface area contributed by atoms with Gasteiger partial charge in [-0.15, -0.1) is 0 Å². The summed E-state index contributed by atoms with van der Waals surface area (Å²) in [6.45, 7) is 4.72. The molecule has 53 heavy (non-hydrogen) atoms. The van der Waals surface area contributed by atoms with E-state index < -0.39 is 0 Å². The molecule has 2 nitrogen and oxygen atoms in total. The molecule has 0 saturated heterocycles. The highest BCUT2D eigenvalue weighted by molar-refractivity contribution is 6.19. The molecule has 8 aromatic carbocycles. The monoisotopic (exact) mass is 676 g/mol. The molecule has 2 heterocycles. The van der Waals surface area contributed by atoms with Gasteiger partial charge < -0.3 is 9.13 Å². The number of hydrogen-bond acceptors (Lipinski definition) is 0. The van der Waals surface area contributed by atoms with E-state index in [1.54, 1.807) is 0 Å². The maximum Gasteiger partial charge on any atom is 0.0562 e. The minimum absolute atomic E-state index is 0.0761. The van der Waals surface area contributed by atoms with Gasteiger partial charge in [0.05, 0.1) is 22.1 Å². The first-order valence-electron chi connectivity index (χ1n) is 18.5. The fourth-order valence-electron chi connectivity index (χ4n) is 9.13. The van der Waals surface area contributed by atoms with E-state index in [1.807, 2.05) is 0 Å². The van der Waals surface area contributed by atoms with Crippen molar-refractivity contribution in [1.29, 1.82) is 0 Å². The van der Waals surface area contributed by atoms with Gasteiger partial charge in [-0.1, -0.05) is 147 Å². The van der Waals surface area contributed by atoms with Gasteiger partial charge >= 0.3 is 0 Å². The Morgan fingerprint density at radius 2 is 0.849 bits per heavy atom. The second kappa shape index (κ2) is 11.2. The van der Waals surface area contributed by atoms with Crippen LogP contribution in [0.4, 0.5) is 0 Å². The van der Waals surface area contributed by atoms with Crippen LogP contribution in [-0.2, 0) is 5.41 Å². The third-order valence-corrected chi connectivity index (χ3v) is 11.7. The summed E-state index contributed by atoms with van der Waals surface area (Å²) in [7, 11) is 0. The van der Waals surface area contributed by atoms with Gasteiger partial charge in [-0.05, 0) is 93.0 Å². The van der Waals surface area contributed by atoms with E-state index in [0.717, 1.165) is 5.69 Å². The van der Waals surface area contributed by atoms with Crippen molar-refractivity contribution >= 4 is 43.6 Å². The predicted octanol–water partition coefficient (Wildman–Crippen LogP) is 13.5. The summed E-state index contributed by atoms with van der Waals surface area (Å²) in [6, 6.07) is 67.1. The van der Waals surface area contributed by atoms with Crippen molar-refractivity contribution in [2.45, 2.75) is 19.3 Å². The molecule has 0 amide bonds. The second-order valence-corrected chi connectivity index (χ2v) is 15.0. The van der Waals surface area contributed by atoms with E-state index in [4.69, 9.17) is 0 Å². The van der Waals surface area contributed by atoms with E-state index >= 15 is 0 Å². The van der Waals surface area contributed by atoms with Crippen LogP contribution in [0.1, 0.15) is 25.0 Å². The molecule has 0 N–H and O–H groups in total. The average Bonchev–Trinajstić information content (AvgIpc) is 3.80. The largest absolute Gasteiger partial charge is 0.309 e. The van der Waals surface area contributed by atoms with Crippen molar-refractivity contribution in [1.82, 2.24) is 9.13 Å². The molecular weight excluding hydrogens is 641 g/mol. The first-order chi connectivity index (χ1) is 26.0. The highest BCUT2D eigenvalue weighted by Crippen LogP contribution is 2.49. The van der Waals surface area contributed by atoms with Gasteiger partial charge in [0.1, 0.15) is 0 Å². The first-order valence-corrected chi connectivity index (χ1v) is 18.5. The molecule has 1 aliphatic rings. The SMILES string of the molecule is CC1(C)c2ccccc2-c2ccc(-n3c4ccccc4c4cc5c6ccccc6n(-c6cccc(-c7ccc(-c8ccccc8)cc7)c6)c5cc43)cc21. The Balaban J connectivity index is 1.12. The lowest BCUT2D eigenvalue weighted by atomic mass is 9.82. The molecule has 0 fully saturated rings. The van der Waals surface area contributed by atoms with Crippen LogP contribution in [0.5, 0.6) is 0 Å². The molecule has 0 radical (unpaired) electrons. The van der Waals surface area contributed by atoms with E-state index in [9.17, 15) is 0 Å². The normalized spacial score (nSPS) is 13.2. The number of nitrogens with zero attached hydrogens (tertiary/aromatic N) is 2. The zero-order valence-electron chi connectivity index (χ0n) is 29.7. The van der Waals surface area contributed by atoms with E-state index in [0.29, 0.717) is 0 Å². The van der Waals surface area contributed by atoms with Gasteiger partial charge in [0.15, 0.2) is 0 Å². The summed E-state index contributed by atoms with van der Waals surface area (Å²) in [6.07, 6.45) is 0. The Labute approximate surface area is 308 Å². The number of aromatic nitrogens is 2. The molecule has 0 aliphatic heterocycles. The molecule has 2 heteroatoms. The summed E-state index contributed by atoms with van der Waals surface area (Å²) >= 11 is 0. The Kier molecular flexibility index (Phi) is 6.33. The third kappa shape index (κ3) is 4.39. The molecule has 0 spiro atoms. The quantitative estimate of drug-likeness (QED) is 0.176. The van der Waals surface area contributed by atoms with Crippen LogP contribution < -0.4 is 0 Å². The van der Waals surface area contributed by atoms with Crippen molar-refractivity contribution in [2.24, 2.45) is 0 Å². The molecule has 2 aromatic heterocycles. The Hall–Kier alpha value is -6.64. The summed E-state index contributed by atoms with van der Waals surface area (Å²) < 4.78 is 4.94. The Bertz CT molecular complexity index is 3060. The zero-order valence-corrected chi connectivity index (χ0v) is 29.7. The molecule has 0 bridgehead atoms. The van der Waals surface area contributed by atoms with Crippen molar-refractivity contribution < 1.29 is 0 Å². The van der Waals surface area contributed by atoms with E-state index in [2.05, 4.69) is 205 Å². The summed E-state index contributed by atoms with van der Waals surface area (Å²) in [5, 5.41) is 5.06. The predicted molar refractivity (Wildman–Crippen MR) is 224 cm³/mol. The first kappa shape index (κ1) is 30.0. The standard InChI is InChI=1S/C51H36N2/c1-51(2)45-20-9-6-17-39(45)40-28-27-38(30-46(40)51)53-48-22-11-8-19-42(48)44-31-43-41-18-7-10-21-47(41)52(49(43)32-50(44)53)37-16-12-15-36(29-37)35-25-23-34(24-26-35)33-13-4-3-5-14-33/h3-32H,1-2H3. The van der Waals surface area contributed by atoms with Crippen LogP contribution in [0.25, 0.3) is 88.4 Å². The number of benzene rings is 8. The van der Waals surface area contributed by atoms with Gasteiger partial charge in [-0.25, -0.2) is 0 Å². The molecule has 10 aromatic rings. The van der Waals surface area contributed by atoms with Crippen molar-refractivity contribution in [3.05, 3.63) is 193 Å². The maximum absolute atomic E-state index is 2.48. The molecule has 0 unspecified atom stereocenters. The van der Waals surface area contributed by atoms with E-state index in [-0.39, 0.29) is 5.41 Å². The van der Waals surface area contributed by atoms with Gasteiger partial charge in [0.2, 0.25) is 0 Å².